The van der Waals surface area contributed by atoms with Crippen LogP contribution >= 0.6 is 0 Å². The number of hydrogen-bond acceptors (Lipinski definition) is 3. The molecular formula is C11H13FN2O3. The van der Waals surface area contributed by atoms with E-state index in [0.717, 1.165) is 17.2 Å². The van der Waals surface area contributed by atoms with E-state index in [1.807, 2.05) is 11.9 Å². The fourth-order valence-electron chi connectivity index (χ4n) is 2.15. The molecule has 2 rings (SSSR count). The number of ketones is 1. The number of halogens is 1. The number of aromatic nitrogens is 2. The summed E-state index contributed by atoms with van der Waals surface area (Å²) in [6.45, 7) is 1.98. The summed E-state index contributed by atoms with van der Waals surface area (Å²) in [5, 5.41) is 0. The summed E-state index contributed by atoms with van der Waals surface area (Å²) in [7, 11) is 0. The lowest BCUT2D eigenvalue weighted by atomic mass is 9.86. The third-order valence-electron chi connectivity index (χ3n) is 3.14. The standard InChI is InChI=1S/C11H13FN2O3/c1-6-2-3-9(15)8(4-6)14-5-7(12)10(16)13-11(14)17/h5-6,8H,2-4H2,1H3,(H,13,16,17). The molecule has 0 amide bonds. The van der Waals surface area contributed by atoms with E-state index < -0.39 is 23.1 Å². The van der Waals surface area contributed by atoms with E-state index in [1.165, 1.54) is 0 Å². The van der Waals surface area contributed by atoms with Crippen molar-refractivity contribution in [2.45, 2.75) is 32.2 Å². The highest BCUT2D eigenvalue weighted by molar-refractivity contribution is 5.83. The molecule has 1 aliphatic rings. The van der Waals surface area contributed by atoms with Crippen LogP contribution in [-0.2, 0) is 4.79 Å². The van der Waals surface area contributed by atoms with Crippen molar-refractivity contribution >= 4 is 5.78 Å². The van der Waals surface area contributed by atoms with Crippen molar-refractivity contribution in [3.05, 3.63) is 32.9 Å². The molecule has 1 heterocycles. The first kappa shape index (κ1) is 11.8. The third-order valence-corrected chi connectivity index (χ3v) is 3.14. The second kappa shape index (κ2) is 4.27. The molecule has 5 nitrogen and oxygen atoms in total. The van der Waals surface area contributed by atoms with E-state index in [-0.39, 0.29) is 5.78 Å². The van der Waals surface area contributed by atoms with Crippen molar-refractivity contribution < 1.29 is 9.18 Å². The van der Waals surface area contributed by atoms with E-state index in [0.29, 0.717) is 18.8 Å². The van der Waals surface area contributed by atoms with E-state index in [2.05, 4.69) is 0 Å². The Balaban J connectivity index is 2.46. The van der Waals surface area contributed by atoms with Crippen LogP contribution in [0.3, 0.4) is 0 Å². The van der Waals surface area contributed by atoms with Crippen LogP contribution in [0.2, 0.25) is 0 Å². The quantitative estimate of drug-likeness (QED) is 0.781. The molecule has 0 aromatic carbocycles. The minimum atomic E-state index is -1.05. The summed E-state index contributed by atoms with van der Waals surface area (Å²) in [6, 6.07) is -0.655. The van der Waals surface area contributed by atoms with E-state index >= 15 is 0 Å². The van der Waals surface area contributed by atoms with Crippen molar-refractivity contribution in [3.8, 4) is 0 Å². The second-order valence-corrected chi connectivity index (χ2v) is 4.51. The van der Waals surface area contributed by atoms with Crippen molar-refractivity contribution in [2.24, 2.45) is 5.92 Å². The maximum Gasteiger partial charge on any atom is 0.329 e. The van der Waals surface area contributed by atoms with Gasteiger partial charge >= 0.3 is 5.69 Å². The van der Waals surface area contributed by atoms with Gasteiger partial charge in [0.2, 0.25) is 5.82 Å². The maximum atomic E-state index is 13.1. The predicted octanol–water partition coefficient (Wildman–Crippen LogP) is 0.606. The van der Waals surface area contributed by atoms with Crippen LogP contribution in [0.4, 0.5) is 4.39 Å². The number of rotatable bonds is 1. The number of nitrogens with zero attached hydrogens (tertiary/aromatic N) is 1. The molecule has 1 N–H and O–H groups in total. The van der Waals surface area contributed by atoms with Crippen molar-refractivity contribution in [2.75, 3.05) is 0 Å². The van der Waals surface area contributed by atoms with Gasteiger partial charge in [-0.2, -0.15) is 4.39 Å². The van der Waals surface area contributed by atoms with E-state index in [1.54, 1.807) is 0 Å². The topological polar surface area (TPSA) is 71.9 Å². The van der Waals surface area contributed by atoms with E-state index in [9.17, 15) is 18.8 Å². The molecule has 0 saturated heterocycles. The number of Topliss-reactive ketones (excluding diaryl/α,β-unsaturated/α-hetero) is 1. The average molecular weight is 240 g/mol. The first-order chi connectivity index (χ1) is 7.99. The zero-order chi connectivity index (χ0) is 12.6. The first-order valence-corrected chi connectivity index (χ1v) is 5.52. The maximum absolute atomic E-state index is 13.1. The monoisotopic (exact) mass is 240 g/mol. The first-order valence-electron chi connectivity index (χ1n) is 5.52. The predicted molar refractivity (Wildman–Crippen MR) is 58.3 cm³/mol. The molecule has 1 aliphatic carbocycles. The molecule has 6 heteroatoms. The summed E-state index contributed by atoms with van der Waals surface area (Å²) >= 11 is 0. The molecular weight excluding hydrogens is 227 g/mol. The Hall–Kier alpha value is -1.72. The highest BCUT2D eigenvalue weighted by atomic mass is 19.1. The Morgan fingerprint density at radius 1 is 1.41 bits per heavy atom. The molecule has 1 aromatic heterocycles. The summed E-state index contributed by atoms with van der Waals surface area (Å²) < 4.78 is 14.1. The summed E-state index contributed by atoms with van der Waals surface area (Å²) in [4.78, 5) is 36.0. The Bertz CT molecular complexity index is 561. The number of aromatic amines is 1. The molecule has 1 fully saturated rings. The smallest absolute Gasteiger partial charge is 0.297 e. The molecule has 0 aliphatic heterocycles. The fourth-order valence-corrected chi connectivity index (χ4v) is 2.15. The van der Waals surface area contributed by atoms with Crippen LogP contribution in [-0.4, -0.2) is 15.3 Å². The van der Waals surface area contributed by atoms with Gasteiger partial charge in [0, 0.05) is 6.42 Å². The Morgan fingerprint density at radius 2 is 2.12 bits per heavy atom. The fraction of sp³-hybridized carbons (Fsp3) is 0.545. The van der Waals surface area contributed by atoms with Gasteiger partial charge in [0.05, 0.1) is 12.2 Å². The highest BCUT2D eigenvalue weighted by Crippen LogP contribution is 2.28. The van der Waals surface area contributed by atoms with Gasteiger partial charge in [0.25, 0.3) is 5.56 Å². The van der Waals surface area contributed by atoms with Crippen molar-refractivity contribution in [1.29, 1.82) is 0 Å². The van der Waals surface area contributed by atoms with Crippen LogP contribution < -0.4 is 11.2 Å². The average Bonchev–Trinajstić information content (AvgIpc) is 2.27. The zero-order valence-electron chi connectivity index (χ0n) is 9.40. The van der Waals surface area contributed by atoms with Crippen LogP contribution in [0.15, 0.2) is 15.8 Å². The summed E-state index contributed by atoms with van der Waals surface area (Å²) in [5.74, 6) is -0.827. The SMILES string of the molecule is CC1CCC(=O)C(n2cc(F)c(=O)[nH]c2=O)C1. The molecule has 2 unspecified atom stereocenters. The Morgan fingerprint density at radius 3 is 2.82 bits per heavy atom. The largest absolute Gasteiger partial charge is 0.329 e. The number of nitrogens with one attached hydrogen (secondary N) is 1. The molecule has 1 saturated carbocycles. The molecule has 0 bridgehead atoms. The highest BCUT2D eigenvalue weighted by Gasteiger charge is 2.29. The van der Waals surface area contributed by atoms with Crippen LogP contribution in [0.1, 0.15) is 32.2 Å². The van der Waals surface area contributed by atoms with Crippen LogP contribution in [0, 0.1) is 11.7 Å². The van der Waals surface area contributed by atoms with Crippen LogP contribution in [0.25, 0.3) is 0 Å². The molecule has 92 valence electrons. The summed E-state index contributed by atoms with van der Waals surface area (Å²) in [5.41, 5.74) is -1.79. The van der Waals surface area contributed by atoms with Gasteiger partial charge in [-0.25, -0.2) is 4.79 Å². The Kier molecular flexibility index (Phi) is 2.95. The second-order valence-electron chi connectivity index (χ2n) is 4.51. The number of hydrogen-bond donors (Lipinski definition) is 1. The van der Waals surface area contributed by atoms with Gasteiger partial charge in [-0.1, -0.05) is 6.92 Å². The van der Waals surface area contributed by atoms with Gasteiger partial charge in [0.15, 0.2) is 5.78 Å². The van der Waals surface area contributed by atoms with E-state index in [4.69, 9.17) is 0 Å². The van der Waals surface area contributed by atoms with Gasteiger partial charge in [0.1, 0.15) is 0 Å². The summed E-state index contributed by atoms with van der Waals surface area (Å²) in [6.07, 6.45) is 2.50. The van der Waals surface area contributed by atoms with Crippen molar-refractivity contribution in [3.63, 3.8) is 0 Å². The van der Waals surface area contributed by atoms with Gasteiger partial charge in [-0.3, -0.25) is 19.1 Å². The lowest BCUT2D eigenvalue weighted by Gasteiger charge is -2.26. The number of carbonyl (C=O) groups excluding carboxylic acids is 1. The van der Waals surface area contributed by atoms with Gasteiger partial charge in [-0.15, -0.1) is 0 Å². The minimum Gasteiger partial charge on any atom is -0.297 e. The third kappa shape index (κ3) is 2.20. The molecule has 17 heavy (non-hydrogen) atoms. The normalized spacial score (nSPS) is 24.9. The van der Waals surface area contributed by atoms with Gasteiger partial charge in [-0.05, 0) is 18.8 Å². The zero-order valence-corrected chi connectivity index (χ0v) is 9.40. The number of carbonyl (C=O) groups is 1. The molecule has 2 atom stereocenters. The lowest BCUT2D eigenvalue weighted by Crippen LogP contribution is -2.38. The van der Waals surface area contributed by atoms with Crippen molar-refractivity contribution in [1.82, 2.24) is 9.55 Å². The lowest BCUT2D eigenvalue weighted by molar-refractivity contribution is -0.124. The number of H-pyrrole nitrogens is 1. The molecule has 1 aromatic rings. The molecule has 0 radical (unpaired) electrons. The van der Waals surface area contributed by atoms with Crippen LogP contribution in [0.5, 0.6) is 0 Å². The molecule has 0 spiro atoms. The minimum absolute atomic E-state index is 0.0864. The van der Waals surface area contributed by atoms with Gasteiger partial charge < -0.3 is 0 Å². The Labute approximate surface area is 96.3 Å².